The summed E-state index contributed by atoms with van der Waals surface area (Å²) >= 11 is 0. The lowest BCUT2D eigenvalue weighted by Gasteiger charge is -2.64. The Labute approximate surface area is 422 Å². The maximum absolute atomic E-state index is 14.6. The highest BCUT2D eigenvalue weighted by Gasteiger charge is 2.68. The number of carbonyl (C=O) groups is 5. The van der Waals surface area contributed by atoms with Crippen molar-refractivity contribution < 1.29 is 42.8 Å². The van der Waals surface area contributed by atoms with Crippen molar-refractivity contribution in [2.45, 2.75) is 167 Å². The molecule has 1 saturated heterocycles. The fourth-order valence-corrected chi connectivity index (χ4v) is 11.6. The molecule has 3 aromatic carbocycles. The number of nitrogens with zero attached hydrogens (tertiary/aromatic N) is 1. The zero-order chi connectivity index (χ0) is 51.2. The van der Waals surface area contributed by atoms with Gasteiger partial charge in [-0.25, -0.2) is 0 Å². The number of rotatable bonds is 19. The average Bonchev–Trinajstić information content (AvgIpc) is 3.73. The van der Waals surface area contributed by atoms with E-state index < -0.39 is 60.4 Å². The topological polar surface area (TPSA) is 174 Å². The number of fused-ring (bicyclic) bond motifs is 5. The van der Waals surface area contributed by atoms with Crippen molar-refractivity contribution in [3.05, 3.63) is 82.9 Å². The molecule has 6 bridgehead atoms. The quantitative estimate of drug-likeness (QED) is 0.0693. The number of amides is 5. The highest BCUT2D eigenvalue weighted by atomic mass is 16.7. The van der Waals surface area contributed by atoms with Gasteiger partial charge in [-0.15, -0.1) is 0 Å². The molecule has 3 saturated carbocycles. The third kappa shape index (κ3) is 11.8. The number of hydrogen-bond donors (Lipinski definition) is 4. The summed E-state index contributed by atoms with van der Waals surface area (Å²) in [5.41, 5.74) is 3.90. The lowest BCUT2D eigenvalue weighted by Crippen LogP contribution is -2.65. The normalized spacial score (nSPS) is 25.2. The van der Waals surface area contributed by atoms with Crippen LogP contribution in [0.3, 0.4) is 0 Å². The van der Waals surface area contributed by atoms with Gasteiger partial charge in [0.15, 0.2) is 0 Å². The zero-order valence-electron chi connectivity index (χ0n) is 43.8. The van der Waals surface area contributed by atoms with Crippen molar-refractivity contribution in [1.82, 2.24) is 26.2 Å². The molecule has 3 aromatic rings. The van der Waals surface area contributed by atoms with Crippen LogP contribution >= 0.6 is 0 Å². The number of methoxy groups -OCH3 is 2. The zero-order valence-corrected chi connectivity index (χ0v) is 43.8. The molecular weight excluding hydrogens is 897 g/mol. The number of aryl methyl sites for hydroxylation is 1. The van der Waals surface area contributed by atoms with Gasteiger partial charge >= 0.3 is 7.12 Å². The smallest absolute Gasteiger partial charge is 0.481 e. The molecule has 1 unspecified atom stereocenters. The first-order valence-electron chi connectivity index (χ1n) is 26.2. The minimum Gasteiger partial charge on any atom is -0.496 e. The molecule has 2 heterocycles. The van der Waals surface area contributed by atoms with E-state index in [1.165, 1.54) is 42.6 Å². The second-order valence-electron chi connectivity index (χ2n) is 21.4. The maximum Gasteiger partial charge on any atom is 0.481 e. The van der Waals surface area contributed by atoms with Crippen LogP contribution in [0.25, 0.3) is 11.1 Å². The predicted octanol–water partition coefficient (Wildman–Crippen LogP) is 7.73. The molecule has 0 aromatic heterocycles. The van der Waals surface area contributed by atoms with E-state index in [9.17, 15) is 24.0 Å². The van der Waals surface area contributed by atoms with Crippen LogP contribution in [0, 0.1) is 17.3 Å². The number of carbonyl (C=O) groups excluding carboxylic acids is 5. The summed E-state index contributed by atoms with van der Waals surface area (Å²) in [4.78, 5) is 72.6. The first kappa shape index (κ1) is 53.4. The maximum atomic E-state index is 14.6. The van der Waals surface area contributed by atoms with Crippen LogP contribution in [0.5, 0.6) is 11.5 Å². The van der Waals surface area contributed by atoms with Gasteiger partial charge in [0.1, 0.15) is 29.6 Å². The molecule has 2 aliphatic heterocycles. The van der Waals surface area contributed by atoms with Gasteiger partial charge < -0.3 is 44.9 Å². The van der Waals surface area contributed by atoms with Crippen LogP contribution in [-0.2, 0) is 41.3 Å². The number of benzene rings is 3. The van der Waals surface area contributed by atoms with E-state index in [1.807, 2.05) is 62.4 Å². The van der Waals surface area contributed by atoms with E-state index in [0.29, 0.717) is 58.4 Å². The fourth-order valence-electron chi connectivity index (χ4n) is 11.6. The van der Waals surface area contributed by atoms with Crippen LogP contribution in [0.2, 0.25) is 0 Å². The van der Waals surface area contributed by atoms with Gasteiger partial charge in [0, 0.05) is 36.7 Å². The van der Waals surface area contributed by atoms with Gasteiger partial charge in [0.2, 0.25) is 23.6 Å². The summed E-state index contributed by atoms with van der Waals surface area (Å²) < 4.78 is 24.9. The summed E-state index contributed by atoms with van der Waals surface area (Å²) in [5, 5.41) is 11.9. The third-order valence-corrected chi connectivity index (χ3v) is 16.1. The van der Waals surface area contributed by atoms with Crippen LogP contribution in [0.4, 0.5) is 0 Å². The minimum absolute atomic E-state index is 0.0662. The molecule has 15 heteroatoms. The molecule has 5 aliphatic rings. The summed E-state index contributed by atoms with van der Waals surface area (Å²) in [7, 11) is 4.07. The van der Waals surface area contributed by atoms with E-state index in [0.717, 1.165) is 31.2 Å². The van der Waals surface area contributed by atoms with Gasteiger partial charge in [-0.2, -0.15) is 0 Å². The van der Waals surface area contributed by atoms with Crippen LogP contribution < -0.4 is 30.7 Å². The van der Waals surface area contributed by atoms with E-state index in [1.54, 1.807) is 40.3 Å². The number of likely N-dealkylation sites (N-methyl/N-ethyl adjacent to an activating group) is 1. The monoisotopic (exact) mass is 976 g/mol. The Morgan fingerprint density at radius 1 is 0.845 bits per heavy atom. The van der Waals surface area contributed by atoms with Crippen molar-refractivity contribution in [2.75, 3.05) is 27.8 Å². The van der Waals surface area contributed by atoms with Crippen molar-refractivity contribution in [3.63, 3.8) is 0 Å². The molecule has 4 fully saturated rings. The van der Waals surface area contributed by atoms with Gasteiger partial charge in [0.05, 0.1) is 37.8 Å². The molecular formula is C56H78BN5O9. The predicted molar refractivity (Wildman–Crippen MR) is 276 cm³/mol. The number of ether oxygens (including phenoxy) is 2. The Morgan fingerprint density at radius 3 is 2.20 bits per heavy atom. The van der Waals surface area contributed by atoms with E-state index in [-0.39, 0.29) is 36.3 Å². The van der Waals surface area contributed by atoms with Gasteiger partial charge in [-0.1, -0.05) is 90.5 Å². The van der Waals surface area contributed by atoms with Crippen molar-refractivity contribution >= 4 is 36.7 Å². The van der Waals surface area contributed by atoms with Crippen LogP contribution in [0.15, 0.2) is 60.7 Å². The third-order valence-electron chi connectivity index (χ3n) is 16.1. The summed E-state index contributed by atoms with van der Waals surface area (Å²) in [5.74, 6) is -1.78. The van der Waals surface area contributed by atoms with Crippen molar-refractivity contribution in [3.8, 4) is 22.6 Å². The second-order valence-corrected chi connectivity index (χ2v) is 21.4. The van der Waals surface area contributed by atoms with Gasteiger partial charge in [0.25, 0.3) is 5.91 Å². The molecule has 0 radical (unpaired) electrons. The summed E-state index contributed by atoms with van der Waals surface area (Å²) in [6.07, 6.45) is 11.3. The molecule has 71 heavy (non-hydrogen) atoms. The largest absolute Gasteiger partial charge is 0.496 e. The Kier molecular flexibility index (Phi) is 17.3. The molecule has 3 aliphatic carbocycles. The van der Waals surface area contributed by atoms with Crippen LogP contribution in [-0.4, -0.2) is 105 Å². The molecule has 4 N–H and O–H groups in total. The van der Waals surface area contributed by atoms with E-state index >= 15 is 0 Å². The Morgan fingerprint density at radius 2 is 1.52 bits per heavy atom. The van der Waals surface area contributed by atoms with E-state index in [4.69, 9.17) is 18.8 Å². The highest BCUT2D eigenvalue weighted by Crippen LogP contribution is 2.65. The lowest BCUT2D eigenvalue weighted by molar-refractivity contribution is -0.199. The van der Waals surface area contributed by atoms with Crippen molar-refractivity contribution in [1.29, 1.82) is 0 Å². The molecule has 9 atom stereocenters. The number of hydrogen-bond acceptors (Lipinski definition) is 9. The first-order chi connectivity index (χ1) is 33.9. The minimum atomic E-state index is -1.07. The van der Waals surface area contributed by atoms with Crippen molar-refractivity contribution in [2.24, 2.45) is 17.3 Å². The highest BCUT2D eigenvalue weighted by molar-refractivity contribution is 6.47. The Hall–Kier alpha value is -5.41. The van der Waals surface area contributed by atoms with Crippen LogP contribution in [0.1, 0.15) is 146 Å². The number of unbranched alkanes of at least 4 members (excludes halogenated alkanes) is 5. The molecule has 0 spiro atoms. The molecule has 5 amide bonds. The number of nitrogens with one attached hydrogen (secondary N) is 4. The van der Waals surface area contributed by atoms with Gasteiger partial charge in [-0.05, 0) is 123 Å². The Bertz CT molecular complexity index is 2400. The first-order valence-corrected chi connectivity index (χ1v) is 26.2. The molecule has 14 nitrogen and oxygen atoms in total. The lowest BCUT2D eigenvalue weighted by atomic mass is 9.43. The standard InChI is InChI=1S/C56H78BN5O9/c1-11-13-14-15-16-17-19-36-20-23-38(24-21-36)51(64)60-44(18-12-2)54(67)62(8)33-43-39-25-27-47(69-10)42(30-39)41-28-37(22-26-46(41)68-9)29-45(61-50(63)34(3)58-52(43)65)53(66)59-35(4)57-70-49-32-40-31-48(55(40,5)6)56(49,7)71-57/h20-28,30,34-35,40,43-45,48-49H,11-19,29,31-33H2,1-10H3,(H,58,65)(H,59,66)(H,60,64)(H,61,63)/t34-,35-,40-,43?,44-,45-,48-,49+,56-/m0/s1. The SMILES string of the molecule is CCCCCCCCc1ccc(C(=O)N[C@@H](CCC)C(=O)N(C)CC2C(=O)N[C@@H](C)C(=O)N[C@H](C(=O)N[C@@H](C)B3O[C@@H]4C[C@@H]5C[C@@H](C5(C)C)[C@]4(C)O3)Cc3ccc(OC)c(c3)-c3cc2ccc3OC)cc1. The average molecular weight is 976 g/mol. The Balaban J connectivity index is 1.10. The molecule has 384 valence electrons. The second kappa shape index (κ2) is 23.0. The summed E-state index contributed by atoms with van der Waals surface area (Å²) in [6, 6.07) is 15.6. The van der Waals surface area contributed by atoms with E-state index in [2.05, 4.69) is 49.0 Å². The molecule has 8 rings (SSSR count). The summed E-state index contributed by atoms with van der Waals surface area (Å²) in [6.45, 7) is 14.2. The fraction of sp³-hybridized carbons (Fsp3) is 0.589. The van der Waals surface area contributed by atoms with Gasteiger partial charge in [-0.3, -0.25) is 24.0 Å².